The van der Waals surface area contributed by atoms with Gasteiger partial charge < -0.3 is 16.6 Å². The highest BCUT2D eigenvalue weighted by Crippen LogP contribution is 2.22. The van der Waals surface area contributed by atoms with Gasteiger partial charge in [-0.25, -0.2) is 4.79 Å². The maximum absolute atomic E-state index is 9.37. The van der Waals surface area contributed by atoms with Crippen LogP contribution in [-0.2, 0) is 0 Å². The van der Waals surface area contributed by atoms with Crippen molar-refractivity contribution in [1.82, 2.24) is 0 Å². The van der Waals surface area contributed by atoms with Gasteiger partial charge in [0.1, 0.15) is 5.75 Å². The van der Waals surface area contributed by atoms with E-state index in [-0.39, 0.29) is 0 Å². The predicted octanol–water partition coefficient (Wildman–Crippen LogP) is 1.57. The highest BCUT2D eigenvalue weighted by molar-refractivity contribution is 5.87. The van der Waals surface area contributed by atoms with E-state index in [9.17, 15) is 5.11 Å². The topological polar surface area (TPSA) is 89.3 Å². The number of benzene rings is 2. The van der Waals surface area contributed by atoms with E-state index < -0.39 is 6.03 Å². The van der Waals surface area contributed by atoms with Crippen molar-refractivity contribution in [1.29, 1.82) is 0 Å². The van der Waals surface area contributed by atoms with Crippen molar-refractivity contribution < 1.29 is 9.90 Å². The second-order valence-corrected chi connectivity index (χ2v) is 2.90. The van der Waals surface area contributed by atoms with E-state index in [2.05, 4.69) is 11.5 Å². The molecular weight excluding hydrogens is 192 g/mol. The molecule has 0 aromatic heterocycles. The van der Waals surface area contributed by atoms with Gasteiger partial charge in [-0.1, -0.05) is 36.4 Å². The van der Waals surface area contributed by atoms with Crippen molar-refractivity contribution in [3.8, 4) is 5.75 Å². The second kappa shape index (κ2) is 4.85. The Morgan fingerprint density at radius 3 is 2.13 bits per heavy atom. The zero-order valence-electron chi connectivity index (χ0n) is 8.05. The lowest BCUT2D eigenvalue weighted by atomic mass is 10.1. The first kappa shape index (κ1) is 10.8. The third-order valence-electron chi connectivity index (χ3n) is 1.77. The fourth-order valence-corrected chi connectivity index (χ4v) is 1.21. The lowest BCUT2D eigenvalue weighted by molar-refractivity contribution is 0.256. The van der Waals surface area contributed by atoms with E-state index in [1.807, 2.05) is 36.4 Å². The van der Waals surface area contributed by atoms with Crippen LogP contribution in [0.15, 0.2) is 42.5 Å². The lowest BCUT2D eigenvalue weighted by Gasteiger charge is -1.97. The average molecular weight is 204 g/mol. The van der Waals surface area contributed by atoms with Crippen LogP contribution in [0.1, 0.15) is 0 Å². The molecule has 0 saturated carbocycles. The molecule has 2 rings (SSSR count). The summed E-state index contributed by atoms with van der Waals surface area (Å²) in [6.07, 6.45) is 0. The molecule has 0 unspecified atom stereocenters. The van der Waals surface area contributed by atoms with Gasteiger partial charge in [0, 0.05) is 5.39 Å². The van der Waals surface area contributed by atoms with Gasteiger partial charge in [0.2, 0.25) is 0 Å². The average Bonchev–Trinajstić information content (AvgIpc) is 2.18. The van der Waals surface area contributed by atoms with E-state index in [1.165, 1.54) is 0 Å². The molecule has 0 aliphatic heterocycles. The molecular formula is C11H12N2O2. The fraction of sp³-hybridized carbons (Fsp3) is 0. The number of amides is 2. The lowest BCUT2D eigenvalue weighted by Crippen LogP contribution is -2.18. The minimum absolute atomic E-state index is 0.350. The smallest absolute Gasteiger partial charge is 0.309 e. The molecule has 5 N–H and O–H groups in total. The zero-order valence-corrected chi connectivity index (χ0v) is 8.05. The maximum atomic E-state index is 9.37. The molecule has 0 radical (unpaired) electrons. The number of primary amides is 2. The summed E-state index contributed by atoms with van der Waals surface area (Å²) in [4.78, 5) is 9.00. The largest absolute Gasteiger partial charge is 0.507 e. The molecule has 4 nitrogen and oxygen atoms in total. The van der Waals surface area contributed by atoms with Crippen molar-refractivity contribution >= 4 is 16.8 Å². The van der Waals surface area contributed by atoms with Gasteiger partial charge in [0.25, 0.3) is 0 Å². The molecule has 0 bridgehead atoms. The normalized spacial score (nSPS) is 9.07. The van der Waals surface area contributed by atoms with Crippen molar-refractivity contribution in [2.45, 2.75) is 0 Å². The Bertz CT molecular complexity index is 460. The van der Waals surface area contributed by atoms with Gasteiger partial charge in [0.15, 0.2) is 0 Å². The van der Waals surface area contributed by atoms with Crippen LogP contribution in [0, 0.1) is 0 Å². The zero-order chi connectivity index (χ0) is 11.3. The molecule has 2 amide bonds. The quantitative estimate of drug-likeness (QED) is 0.608. The van der Waals surface area contributed by atoms with Gasteiger partial charge in [-0.3, -0.25) is 0 Å². The Morgan fingerprint density at radius 1 is 1.00 bits per heavy atom. The predicted molar refractivity (Wildman–Crippen MR) is 59.4 cm³/mol. The number of carbonyl (C=O) groups excluding carboxylic acids is 1. The van der Waals surface area contributed by atoms with Crippen molar-refractivity contribution in [3.05, 3.63) is 42.5 Å². The first-order valence-electron chi connectivity index (χ1n) is 4.33. The number of nitrogens with two attached hydrogens (primary N) is 2. The highest BCUT2D eigenvalue weighted by Gasteiger charge is 1.94. The van der Waals surface area contributed by atoms with Crippen LogP contribution in [-0.4, -0.2) is 11.1 Å². The third-order valence-corrected chi connectivity index (χ3v) is 1.77. The molecule has 0 aliphatic rings. The molecule has 0 saturated heterocycles. The van der Waals surface area contributed by atoms with Gasteiger partial charge in [-0.05, 0) is 11.5 Å². The van der Waals surface area contributed by atoms with Crippen LogP contribution in [0.25, 0.3) is 10.8 Å². The minimum atomic E-state index is -0.833. The number of urea groups is 1. The van der Waals surface area contributed by atoms with E-state index in [1.54, 1.807) is 6.07 Å². The molecule has 2 aromatic rings. The SMILES string of the molecule is NC(N)=O.Oc1cccc2ccccc12. The number of aromatic hydroxyl groups is 1. The van der Waals surface area contributed by atoms with Gasteiger partial charge in [-0.15, -0.1) is 0 Å². The number of carbonyl (C=O) groups is 1. The van der Waals surface area contributed by atoms with Crippen LogP contribution < -0.4 is 11.5 Å². The third kappa shape index (κ3) is 3.19. The van der Waals surface area contributed by atoms with E-state index in [0.29, 0.717) is 5.75 Å². The van der Waals surface area contributed by atoms with Crippen molar-refractivity contribution in [3.63, 3.8) is 0 Å². The molecule has 0 atom stereocenters. The van der Waals surface area contributed by atoms with Gasteiger partial charge in [-0.2, -0.15) is 0 Å². The van der Waals surface area contributed by atoms with Gasteiger partial charge in [0.05, 0.1) is 0 Å². The molecule has 15 heavy (non-hydrogen) atoms. The molecule has 0 spiro atoms. The molecule has 4 heteroatoms. The Hall–Kier alpha value is -2.23. The first-order valence-corrected chi connectivity index (χ1v) is 4.33. The number of rotatable bonds is 0. The molecule has 0 aliphatic carbocycles. The van der Waals surface area contributed by atoms with Crippen LogP contribution in [0.3, 0.4) is 0 Å². The van der Waals surface area contributed by atoms with Crippen LogP contribution >= 0.6 is 0 Å². The Kier molecular flexibility index (Phi) is 3.51. The second-order valence-electron chi connectivity index (χ2n) is 2.90. The number of hydrogen-bond acceptors (Lipinski definition) is 2. The Morgan fingerprint density at radius 2 is 1.53 bits per heavy atom. The van der Waals surface area contributed by atoms with E-state index >= 15 is 0 Å². The first-order chi connectivity index (χ1) is 7.11. The fourth-order valence-electron chi connectivity index (χ4n) is 1.21. The minimum Gasteiger partial charge on any atom is -0.507 e. The molecule has 78 valence electrons. The maximum Gasteiger partial charge on any atom is 0.309 e. The monoisotopic (exact) mass is 204 g/mol. The van der Waals surface area contributed by atoms with E-state index in [4.69, 9.17) is 4.79 Å². The van der Waals surface area contributed by atoms with Crippen molar-refractivity contribution in [2.24, 2.45) is 11.5 Å². The number of fused-ring (bicyclic) bond motifs is 1. The van der Waals surface area contributed by atoms with Crippen LogP contribution in [0.4, 0.5) is 4.79 Å². The Labute approximate surface area is 87.1 Å². The summed E-state index contributed by atoms with van der Waals surface area (Å²) < 4.78 is 0. The van der Waals surface area contributed by atoms with Crippen LogP contribution in [0.5, 0.6) is 5.75 Å². The number of phenolic OH excluding ortho intramolecular Hbond substituents is 1. The summed E-state index contributed by atoms with van der Waals surface area (Å²) in [6.45, 7) is 0. The molecule has 0 heterocycles. The molecule has 0 fully saturated rings. The summed E-state index contributed by atoms with van der Waals surface area (Å²) >= 11 is 0. The number of hydrogen-bond donors (Lipinski definition) is 3. The number of phenols is 1. The summed E-state index contributed by atoms with van der Waals surface area (Å²) in [7, 11) is 0. The summed E-state index contributed by atoms with van der Waals surface area (Å²) in [5, 5.41) is 11.4. The molecule has 2 aromatic carbocycles. The summed E-state index contributed by atoms with van der Waals surface area (Å²) in [5.41, 5.74) is 8.50. The van der Waals surface area contributed by atoms with E-state index in [0.717, 1.165) is 10.8 Å². The summed E-state index contributed by atoms with van der Waals surface area (Å²) in [6, 6.07) is 12.5. The standard InChI is InChI=1S/C10H8O.CH4N2O/c11-10-7-3-5-8-4-1-2-6-9(8)10;2-1(3)4/h1-7,11H;(H4,2,3,4). The van der Waals surface area contributed by atoms with Gasteiger partial charge >= 0.3 is 6.03 Å². The Balaban J connectivity index is 0.000000245. The highest BCUT2D eigenvalue weighted by atomic mass is 16.3. The summed E-state index contributed by atoms with van der Waals surface area (Å²) in [5.74, 6) is 0.350. The van der Waals surface area contributed by atoms with Crippen molar-refractivity contribution in [2.75, 3.05) is 0 Å². The van der Waals surface area contributed by atoms with Crippen LogP contribution in [0.2, 0.25) is 0 Å².